The molecule has 74 valence electrons. The van der Waals surface area contributed by atoms with Crippen molar-refractivity contribution in [3.8, 4) is 0 Å². The number of aromatic nitrogens is 1. The standard InChI is InChI=1S/C8H11BN2O3/c1-2-8(12)11-7-5-6(9(13)14)3-4-10-7/h3-5,13-14H,2H2,1H3,(H,10,11,12). The zero-order valence-corrected chi connectivity index (χ0v) is 7.77. The number of hydrogen-bond acceptors (Lipinski definition) is 4. The molecule has 0 fully saturated rings. The number of amides is 1. The van der Waals surface area contributed by atoms with Crippen LogP contribution >= 0.6 is 0 Å². The molecular formula is C8H11BN2O3. The molecule has 1 heterocycles. The molecule has 5 nitrogen and oxygen atoms in total. The highest BCUT2D eigenvalue weighted by atomic mass is 16.4. The second-order valence-electron chi connectivity index (χ2n) is 2.75. The fraction of sp³-hybridized carbons (Fsp3) is 0.250. The Morgan fingerprint density at radius 2 is 2.36 bits per heavy atom. The summed E-state index contributed by atoms with van der Waals surface area (Å²) < 4.78 is 0. The number of carbonyl (C=O) groups excluding carboxylic acids is 1. The van der Waals surface area contributed by atoms with Crippen LogP contribution in [0.1, 0.15) is 13.3 Å². The van der Waals surface area contributed by atoms with Crippen LogP contribution in [-0.2, 0) is 4.79 Å². The molecule has 0 aliphatic rings. The Bertz CT molecular complexity index is 330. The zero-order chi connectivity index (χ0) is 10.6. The molecule has 1 rings (SSSR count). The van der Waals surface area contributed by atoms with E-state index < -0.39 is 7.12 Å². The quantitative estimate of drug-likeness (QED) is 0.545. The number of rotatable bonds is 3. The van der Waals surface area contributed by atoms with Gasteiger partial charge in [-0.25, -0.2) is 4.98 Å². The number of carbonyl (C=O) groups is 1. The van der Waals surface area contributed by atoms with Crippen molar-refractivity contribution in [2.75, 3.05) is 5.32 Å². The summed E-state index contributed by atoms with van der Waals surface area (Å²) in [6.45, 7) is 1.72. The molecule has 0 saturated carbocycles. The van der Waals surface area contributed by atoms with Gasteiger partial charge in [0.1, 0.15) is 5.82 Å². The number of pyridine rings is 1. The Morgan fingerprint density at radius 3 is 2.93 bits per heavy atom. The molecule has 0 unspecified atom stereocenters. The van der Waals surface area contributed by atoms with Crippen molar-refractivity contribution < 1.29 is 14.8 Å². The lowest BCUT2D eigenvalue weighted by atomic mass is 9.81. The van der Waals surface area contributed by atoms with Crippen molar-refractivity contribution in [3.63, 3.8) is 0 Å². The summed E-state index contributed by atoms with van der Waals surface area (Å²) in [5.74, 6) is 0.157. The van der Waals surface area contributed by atoms with Crippen molar-refractivity contribution in [3.05, 3.63) is 18.3 Å². The molecule has 3 N–H and O–H groups in total. The number of nitrogens with one attached hydrogen (secondary N) is 1. The van der Waals surface area contributed by atoms with Gasteiger partial charge in [-0.2, -0.15) is 0 Å². The predicted molar refractivity (Wildman–Crippen MR) is 53.0 cm³/mol. The van der Waals surface area contributed by atoms with Gasteiger partial charge in [0, 0.05) is 12.6 Å². The van der Waals surface area contributed by atoms with E-state index in [1.54, 1.807) is 6.92 Å². The molecule has 0 spiro atoms. The average Bonchev–Trinajstić information content (AvgIpc) is 2.18. The number of anilines is 1. The van der Waals surface area contributed by atoms with Crippen molar-refractivity contribution >= 4 is 24.3 Å². The van der Waals surface area contributed by atoms with E-state index in [0.717, 1.165) is 0 Å². The molecule has 1 aromatic rings. The van der Waals surface area contributed by atoms with Gasteiger partial charge >= 0.3 is 7.12 Å². The average molecular weight is 194 g/mol. The van der Waals surface area contributed by atoms with Gasteiger partial charge in [-0.3, -0.25) is 4.79 Å². The van der Waals surface area contributed by atoms with Crippen molar-refractivity contribution in [2.45, 2.75) is 13.3 Å². The first-order chi connectivity index (χ1) is 6.63. The van der Waals surface area contributed by atoms with Gasteiger partial charge in [0.05, 0.1) is 0 Å². The van der Waals surface area contributed by atoms with E-state index in [4.69, 9.17) is 10.0 Å². The third kappa shape index (κ3) is 2.83. The van der Waals surface area contributed by atoms with Crippen molar-refractivity contribution in [2.24, 2.45) is 0 Å². The summed E-state index contributed by atoms with van der Waals surface area (Å²) >= 11 is 0. The van der Waals surface area contributed by atoms with E-state index >= 15 is 0 Å². The third-order valence-electron chi connectivity index (χ3n) is 1.67. The summed E-state index contributed by atoms with van der Waals surface area (Å²) in [6.07, 6.45) is 1.76. The SMILES string of the molecule is CCC(=O)Nc1cc(B(O)O)ccn1. The van der Waals surface area contributed by atoms with Crippen LogP contribution in [-0.4, -0.2) is 28.1 Å². The van der Waals surface area contributed by atoms with Crippen LogP contribution in [0.25, 0.3) is 0 Å². The van der Waals surface area contributed by atoms with E-state index in [-0.39, 0.29) is 5.91 Å². The Morgan fingerprint density at radius 1 is 1.64 bits per heavy atom. The van der Waals surface area contributed by atoms with Crippen LogP contribution in [0.3, 0.4) is 0 Å². The molecule has 0 aliphatic heterocycles. The van der Waals surface area contributed by atoms with Crippen LogP contribution in [0, 0.1) is 0 Å². The summed E-state index contributed by atoms with van der Waals surface area (Å²) in [6, 6.07) is 2.88. The molecule has 0 saturated heterocycles. The molecular weight excluding hydrogens is 183 g/mol. The minimum Gasteiger partial charge on any atom is -0.423 e. The van der Waals surface area contributed by atoms with Crippen LogP contribution < -0.4 is 10.8 Å². The van der Waals surface area contributed by atoms with Crippen molar-refractivity contribution in [1.82, 2.24) is 4.98 Å². The summed E-state index contributed by atoms with van der Waals surface area (Å²) in [5, 5.41) is 20.2. The largest absolute Gasteiger partial charge is 0.488 e. The molecule has 6 heteroatoms. The van der Waals surface area contributed by atoms with Crippen LogP contribution in [0.5, 0.6) is 0 Å². The highest BCUT2D eigenvalue weighted by Crippen LogP contribution is 1.99. The van der Waals surface area contributed by atoms with Gasteiger partial charge < -0.3 is 15.4 Å². The minimum absolute atomic E-state index is 0.165. The first kappa shape index (κ1) is 10.7. The summed E-state index contributed by atoms with van der Waals surface area (Å²) in [7, 11) is -1.55. The van der Waals surface area contributed by atoms with Crippen LogP contribution in [0.4, 0.5) is 5.82 Å². The Hall–Kier alpha value is -1.40. The predicted octanol–water partition coefficient (Wildman–Crippen LogP) is -0.890. The lowest BCUT2D eigenvalue weighted by Gasteiger charge is -2.04. The van der Waals surface area contributed by atoms with E-state index in [9.17, 15) is 4.79 Å². The number of hydrogen-bond donors (Lipinski definition) is 3. The van der Waals surface area contributed by atoms with Crippen LogP contribution in [0.2, 0.25) is 0 Å². The zero-order valence-electron chi connectivity index (χ0n) is 7.77. The van der Waals surface area contributed by atoms with E-state index in [0.29, 0.717) is 17.7 Å². The Balaban J connectivity index is 2.78. The first-order valence-electron chi connectivity index (χ1n) is 4.25. The lowest BCUT2D eigenvalue weighted by molar-refractivity contribution is -0.115. The molecule has 0 aromatic carbocycles. The van der Waals surface area contributed by atoms with E-state index in [1.165, 1.54) is 18.3 Å². The Kier molecular flexibility index (Phi) is 3.61. The maximum atomic E-state index is 11.0. The van der Waals surface area contributed by atoms with E-state index in [2.05, 4.69) is 10.3 Å². The summed E-state index contributed by atoms with van der Waals surface area (Å²) in [5.41, 5.74) is 0.298. The lowest BCUT2D eigenvalue weighted by Crippen LogP contribution is -2.30. The van der Waals surface area contributed by atoms with Gasteiger partial charge in [-0.05, 0) is 17.6 Å². The molecule has 1 aromatic heterocycles. The van der Waals surface area contributed by atoms with Gasteiger partial charge in [0.25, 0.3) is 0 Å². The number of nitrogens with zero attached hydrogens (tertiary/aromatic N) is 1. The maximum Gasteiger partial charge on any atom is 0.488 e. The second-order valence-corrected chi connectivity index (χ2v) is 2.75. The smallest absolute Gasteiger partial charge is 0.423 e. The van der Waals surface area contributed by atoms with Gasteiger partial charge in [-0.1, -0.05) is 6.92 Å². The first-order valence-corrected chi connectivity index (χ1v) is 4.25. The highest BCUT2D eigenvalue weighted by molar-refractivity contribution is 6.58. The second kappa shape index (κ2) is 4.73. The molecule has 0 atom stereocenters. The fourth-order valence-electron chi connectivity index (χ4n) is 0.907. The molecule has 0 bridgehead atoms. The minimum atomic E-state index is -1.55. The summed E-state index contributed by atoms with van der Waals surface area (Å²) in [4.78, 5) is 14.8. The van der Waals surface area contributed by atoms with Gasteiger partial charge in [-0.15, -0.1) is 0 Å². The normalized spacial score (nSPS) is 9.64. The molecule has 0 radical (unpaired) electrons. The maximum absolute atomic E-state index is 11.0. The molecule has 14 heavy (non-hydrogen) atoms. The topological polar surface area (TPSA) is 82.5 Å². The third-order valence-corrected chi connectivity index (χ3v) is 1.67. The Labute approximate surface area is 81.9 Å². The fourth-order valence-corrected chi connectivity index (χ4v) is 0.907. The monoisotopic (exact) mass is 194 g/mol. The van der Waals surface area contributed by atoms with Crippen molar-refractivity contribution in [1.29, 1.82) is 0 Å². The molecule has 0 aliphatic carbocycles. The highest BCUT2D eigenvalue weighted by Gasteiger charge is 2.11. The van der Waals surface area contributed by atoms with Gasteiger partial charge in [0.15, 0.2) is 0 Å². The van der Waals surface area contributed by atoms with E-state index in [1.807, 2.05) is 0 Å². The van der Waals surface area contributed by atoms with Gasteiger partial charge in [0.2, 0.25) is 5.91 Å². The molecule has 1 amide bonds. The van der Waals surface area contributed by atoms with Crippen LogP contribution in [0.15, 0.2) is 18.3 Å².